The molecule has 4 nitrogen and oxygen atoms in total. The maximum absolute atomic E-state index is 5.69. The maximum Gasteiger partial charge on any atom is 0.167 e. The molecule has 0 atom stereocenters. The van der Waals surface area contributed by atoms with Gasteiger partial charge >= 0.3 is 0 Å². The third-order valence-corrected chi connectivity index (χ3v) is 3.74. The van der Waals surface area contributed by atoms with Gasteiger partial charge in [0.25, 0.3) is 0 Å². The number of aryl methyl sites for hydroxylation is 1. The van der Waals surface area contributed by atoms with Crippen molar-refractivity contribution in [1.29, 1.82) is 0 Å². The molecule has 2 rings (SSSR count). The summed E-state index contributed by atoms with van der Waals surface area (Å²) in [5.74, 6) is 1.79. The predicted molar refractivity (Wildman–Crippen MR) is 78.6 cm³/mol. The highest BCUT2D eigenvalue weighted by Crippen LogP contribution is 2.16. The van der Waals surface area contributed by atoms with Crippen molar-refractivity contribution >= 4 is 11.8 Å². The number of nitrogens with two attached hydrogens (primary N) is 1. The fraction of sp³-hybridized carbons (Fsp3) is 0.357. The van der Waals surface area contributed by atoms with Gasteiger partial charge in [-0.3, -0.25) is 0 Å². The monoisotopic (exact) mass is 277 g/mol. The van der Waals surface area contributed by atoms with Crippen LogP contribution in [0.3, 0.4) is 0 Å². The fourth-order valence-electron chi connectivity index (χ4n) is 1.70. The molecule has 0 aliphatic rings. The summed E-state index contributed by atoms with van der Waals surface area (Å²) >= 11 is 1.69. The molecule has 2 aromatic rings. The summed E-state index contributed by atoms with van der Waals surface area (Å²) in [5, 5.41) is 1.02. The summed E-state index contributed by atoms with van der Waals surface area (Å²) in [6, 6.07) is 8.12. The van der Waals surface area contributed by atoms with Crippen molar-refractivity contribution < 1.29 is 4.74 Å². The molecule has 0 radical (unpaired) electrons. The number of hydrogen-bond acceptors (Lipinski definition) is 4. The molecule has 19 heavy (non-hydrogen) atoms. The van der Waals surface area contributed by atoms with Crippen LogP contribution in [0.1, 0.15) is 5.56 Å². The first kappa shape index (κ1) is 14.0. The second-order valence-electron chi connectivity index (χ2n) is 4.20. The molecule has 5 heteroatoms. The van der Waals surface area contributed by atoms with E-state index in [-0.39, 0.29) is 0 Å². The Bertz CT molecular complexity index is 496. The van der Waals surface area contributed by atoms with Gasteiger partial charge in [0, 0.05) is 25.2 Å². The fourth-order valence-corrected chi connectivity index (χ4v) is 2.45. The summed E-state index contributed by atoms with van der Waals surface area (Å²) in [6.45, 7) is 1.36. The van der Waals surface area contributed by atoms with Crippen LogP contribution in [0.25, 0.3) is 0 Å². The maximum atomic E-state index is 5.69. The highest BCUT2D eigenvalue weighted by Gasteiger charge is 2.00. The Morgan fingerprint density at radius 3 is 2.74 bits per heavy atom. The Balaban J connectivity index is 1.72. The van der Waals surface area contributed by atoms with Gasteiger partial charge in [0.1, 0.15) is 5.75 Å². The number of benzene rings is 1. The number of imidazole rings is 1. The Labute approximate surface area is 118 Å². The van der Waals surface area contributed by atoms with Crippen molar-refractivity contribution in [3.63, 3.8) is 0 Å². The Kier molecular flexibility index (Phi) is 5.30. The Hall–Kier alpha value is -1.46. The Morgan fingerprint density at radius 2 is 2.11 bits per heavy atom. The SMILES string of the molecule is Cn1ccnc1SCCOc1ccc(CCN)cc1. The molecule has 0 aliphatic heterocycles. The zero-order chi connectivity index (χ0) is 13.5. The summed E-state index contributed by atoms with van der Waals surface area (Å²) in [5.41, 5.74) is 6.76. The van der Waals surface area contributed by atoms with Crippen LogP contribution in [0.2, 0.25) is 0 Å². The highest BCUT2D eigenvalue weighted by atomic mass is 32.2. The number of aromatic nitrogens is 2. The van der Waals surface area contributed by atoms with E-state index in [4.69, 9.17) is 10.5 Å². The van der Waals surface area contributed by atoms with Crippen LogP contribution in [0.15, 0.2) is 41.8 Å². The predicted octanol–water partition coefficient (Wildman–Crippen LogP) is 2.09. The highest BCUT2D eigenvalue weighted by molar-refractivity contribution is 7.99. The number of thioether (sulfide) groups is 1. The van der Waals surface area contributed by atoms with Crippen molar-refractivity contribution in [2.75, 3.05) is 18.9 Å². The lowest BCUT2D eigenvalue weighted by Gasteiger charge is -2.07. The third-order valence-electron chi connectivity index (χ3n) is 2.72. The van der Waals surface area contributed by atoms with Gasteiger partial charge in [-0.1, -0.05) is 23.9 Å². The van der Waals surface area contributed by atoms with Crippen LogP contribution in [-0.2, 0) is 13.5 Å². The lowest BCUT2D eigenvalue weighted by atomic mass is 10.1. The summed E-state index contributed by atoms with van der Waals surface area (Å²) in [4.78, 5) is 4.25. The molecule has 1 heterocycles. The van der Waals surface area contributed by atoms with Gasteiger partial charge < -0.3 is 15.0 Å². The largest absolute Gasteiger partial charge is 0.493 e. The molecule has 0 spiro atoms. The first-order valence-electron chi connectivity index (χ1n) is 6.31. The minimum atomic E-state index is 0.674. The molecule has 0 unspecified atom stereocenters. The zero-order valence-corrected chi connectivity index (χ0v) is 11.9. The molecule has 0 aliphatic carbocycles. The molecule has 0 fully saturated rings. The summed E-state index contributed by atoms with van der Waals surface area (Å²) in [6.07, 6.45) is 4.66. The van der Waals surface area contributed by atoms with Crippen LogP contribution < -0.4 is 10.5 Å². The summed E-state index contributed by atoms with van der Waals surface area (Å²) < 4.78 is 7.69. The number of hydrogen-bond donors (Lipinski definition) is 1. The van der Waals surface area contributed by atoms with Crippen molar-refractivity contribution in [2.45, 2.75) is 11.6 Å². The van der Waals surface area contributed by atoms with Gasteiger partial charge in [-0.2, -0.15) is 0 Å². The molecule has 0 bridgehead atoms. The lowest BCUT2D eigenvalue weighted by molar-refractivity contribution is 0.343. The second-order valence-corrected chi connectivity index (χ2v) is 5.26. The number of ether oxygens (including phenoxy) is 1. The molecule has 0 saturated carbocycles. The smallest absolute Gasteiger partial charge is 0.167 e. The minimum Gasteiger partial charge on any atom is -0.493 e. The van der Waals surface area contributed by atoms with Crippen LogP contribution in [0, 0.1) is 0 Å². The van der Waals surface area contributed by atoms with Crippen LogP contribution in [0.4, 0.5) is 0 Å². The molecule has 102 valence electrons. The van der Waals surface area contributed by atoms with E-state index in [0.29, 0.717) is 13.2 Å². The van der Waals surface area contributed by atoms with Crippen molar-refractivity contribution in [3.05, 3.63) is 42.2 Å². The number of rotatable bonds is 7. The molecular formula is C14H19N3OS. The minimum absolute atomic E-state index is 0.674. The lowest BCUT2D eigenvalue weighted by Crippen LogP contribution is -2.03. The first-order chi connectivity index (χ1) is 9.29. The van der Waals surface area contributed by atoms with Crippen LogP contribution >= 0.6 is 11.8 Å². The van der Waals surface area contributed by atoms with Crippen molar-refractivity contribution in [2.24, 2.45) is 12.8 Å². The van der Waals surface area contributed by atoms with E-state index < -0.39 is 0 Å². The van der Waals surface area contributed by atoms with E-state index in [9.17, 15) is 0 Å². The van der Waals surface area contributed by atoms with E-state index in [1.807, 2.05) is 29.9 Å². The molecule has 1 aromatic carbocycles. The van der Waals surface area contributed by atoms with E-state index in [2.05, 4.69) is 17.1 Å². The molecule has 2 N–H and O–H groups in total. The van der Waals surface area contributed by atoms with Gasteiger partial charge in [0.2, 0.25) is 0 Å². The zero-order valence-electron chi connectivity index (χ0n) is 11.1. The molecular weight excluding hydrogens is 258 g/mol. The third kappa shape index (κ3) is 4.29. The van der Waals surface area contributed by atoms with E-state index in [1.165, 1.54) is 5.56 Å². The van der Waals surface area contributed by atoms with Gasteiger partial charge in [-0.15, -0.1) is 0 Å². The van der Waals surface area contributed by atoms with Crippen molar-refractivity contribution in [3.8, 4) is 5.75 Å². The van der Waals surface area contributed by atoms with Gasteiger partial charge in [0.05, 0.1) is 6.61 Å². The van der Waals surface area contributed by atoms with Crippen LogP contribution in [-0.4, -0.2) is 28.5 Å². The molecule has 0 saturated heterocycles. The van der Waals surface area contributed by atoms with Gasteiger partial charge in [-0.25, -0.2) is 4.98 Å². The van der Waals surface area contributed by atoms with Gasteiger partial charge in [-0.05, 0) is 30.7 Å². The van der Waals surface area contributed by atoms with E-state index in [0.717, 1.165) is 23.1 Å². The van der Waals surface area contributed by atoms with E-state index >= 15 is 0 Å². The average Bonchev–Trinajstić information content (AvgIpc) is 2.83. The molecule has 0 amide bonds. The quantitative estimate of drug-likeness (QED) is 0.622. The first-order valence-corrected chi connectivity index (χ1v) is 7.30. The summed E-state index contributed by atoms with van der Waals surface area (Å²) in [7, 11) is 1.99. The van der Waals surface area contributed by atoms with Crippen LogP contribution in [0.5, 0.6) is 5.75 Å². The molecule has 1 aromatic heterocycles. The van der Waals surface area contributed by atoms with Gasteiger partial charge in [0.15, 0.2) is 5.16 Å². The van der Waals surface area contributed by atoms with Crippen molar-refractivity contribution in [1.82, 2.24) is 9.55 Å². The normalized spacial score (nSPS) is 10.6. The Morgan fingerprint density at radius 1 is 1.32 bits per heavy atom. The number of nitrogens with zero attached hydrogens (tertiary/aromatic N) is 2. The topological polar surface area (TPSA) is 53.1 Å². The average molecular weight is 277 g/mol. The second kappa shape index (κ2) is 7.21. The van der Waals surface area contributed by atoms with E-state index in [1.54, 1.807) is 18.0 Å². The standard InChI is InChI=1S/C14H19N3OS/c1-17-9-8-16-14(17)19-11-10-18-13-4-2-12(3-5-13)6-7-15/h2-5,8-9H,6-7,10-11,15H2,1H3.